The van der Waals surface area contributed by atoms with Gasteiger partial charge in [-0.1, -0.05) is 12.2 Å². The van der Waals surface area contributed by atoms with Crippen LogP contribution in [0.4, 0.5) is 0 Å². The Hall–Kier alpha value is -1.32. The SMILES string of the molecule is O=C(NC1CC1)[C@@H]1[C@H](C(=O)O)[C@@H]2C=C[C@H]1C2. The van der Waals surface area contributed by atoms with E-state index < -0.39 is 11.9 Å². The molecule has 0 aromatic rings. The Bertz CT molecular complexity index is 372. The fourth-order valence-corrected chi connectivity index (χ4v) is 3.04. The lowest BCUT2D eigenvalue weighted by molar-refractivity contribution is -0.147. The molecular formula is C12H15NO3. The summed E-state index contributed by atoms with van der Waals surface area (Å²) in [6.07, 6.45) is 6.89. The summed E-state index contributed by atoms with van der Waals surface area (Å²) in [6.45, 7) is 0. The molecule has 4 heteroatoms. The first kappa shape index (κ1) is 9.87. The van der Waals surface area contributed by atoms with E-state index in [2.05, 4.69) is 5.32 Å². The van der Waals surface area contributed by atoms with Gasteiger partial charge in [0.1, 0.15) is 0 Å². The number of rotatable bonds is 3. The van der Waals surface area contributed by atoms with Gasteiger partial charge in [0.25, 0.3) is 0 Å². The van der Waals surface area contributed by atoms with Crippen molar-refractivity contribution < 1.29 is 14.7 Å². The number of carboxylic acids is 1. The van der Waals surface area contributed by atoms with Gasteiger partial charge in [-0.05, 0) is 31.1 Å². The molecule has 3 aliphatic carbocycles. The maximum Gasteiger partial charge on any atom is 0.307 e. The van der Waals surface area contributed by atoms with Gasteiger partial charge >= 0.3 is 5.97 Å². The molecule has 0 unspecified atom stereocenters. The Morgan fingerprint density at radius 3 is 2.31 bits per heavy atom. The van der Waals surface area contributed by atoms with Crippen LogP contribution in [-0.4, -0.2) is 23.0 Å². The predicted molar refractivity (Wildman–Crippen MR) is 56.5 cm³/mol. The average molecular weight is 221 g/mol. The highest BCUT2D eigenvalue weighted by molar-refractivity contribution is 5.87. The molecule has 0 aromatic carbocycles. The molecule has 0 aromatic heterocycles. The third-order valence-electron chi connectivity index (χ3n) is 3.97. The number of amides is 1. The Labute approximate surface area is 93.7 Å². The van der Waals surface area contributed by atoms with Gasteiger partial charge in [-0.2, -0.15) is 0 Å². The zero-order chi connectivity index (χ0) is 11.3. The van der Waals surface area contributed by atoms with Crippen molar-refractivity contribution in [1.82, 2.24) is 5.32 Å². The monoisotopic (exact) mass is 221 g/mol. The van der Waals surface area contributed by atoms with Gasteiger partial charge in [-0.15, -0.1) is 0 Å². The van der Waals surface area contributed by atoms with Gasteiger partial charge in [0.15, 0.2) is 0 Å². The number of nitrogens with one attached hydrogen (secondary N) is 1. The molecule has 0 heterocycles. The summed E-state index contributed by atoms with van der Waals surface area (Å²) in [5, 5.41) is 12.1. The van der Waals surface area contributed by atoms with Gasteiger partial charge in [0.2, 0.25) is 5.91 Å². The highest BCUT2D eigenvalue weighted by Crippen LogP contribution is 2.48. The molecule has 4 atom stereocenters. The van der Waals surface area contributed by atoms with E-state index in [1.54, 1.807) is 0 Å². The van der Waals surface area contributed by atoms with Crippen LogP contribution in [0.25, 0.3) is 0 Å². The number of carbonyl (C=O) groups is 2. The predicted octanol–water partition coefficient (Wildman–Crippen LogP) is 0.788. The van der Waals surface area contributed by atoms with Crippen molar-refractivity contribution in [2.45, 2.75) is 25.3 Å². The van der Waals surface area contributed by atoms with E-state index in [-0.39, 0.29) is 23.7 Å². The first-order valence-corrected chi connectivity index (χ1v) is 5.88. The topological polar surface area (TPSA) is 66.4 Å². The Balaban J connectivity index is 1.78. The number of aliphatic carboxylic acids is 1. The van der Waals surface area contributed by atoms with Gasteiger partial charge in [-0.3, -0.25) is 9.59 Å². The van der Waals surface area contributed by atoms with Crippen LogP contribution in [0.1, 0.15) is 19.3 Å². The van der Waals surface area contributed by atoms with E-state index >= 15 is 0 Å². The maximum absolute atomic E-state index is 12.0. The van der Waals surface area contributed by atoms with E-state index in [1.807, 2.05) is 12.2 Å². The lowest BCUT2D eigenvalue weighted by atomic mass is 9.82. The van der Waals surface area contributed by atoms with Crippen molar-refractivity contribution in [3.8, 4) is 0 Å². The molecule has 86 valence electrons. The number of hydrogen-bond donors (Lipinski definition) is 2. The van der Waals surface area contributed by atoms with E-state index in [1.165, 1.54) is 0 Å². The maximum atomic E-state index is 12.0. The highest BCUT2D eigenvalue weighted by Gasteiger charge is 2.52. The number of carbonyl (C=O) groups excluding carboxylic acids is 1. The van der Waals surface area contributed by atoms with Crippen molar-refractivity contribution >= 4 is 11.9 Å². The largest absolute Gasteiger partial charge is 0.481 e. The van der Waals surface area contributed by atoms with Gasteiger partial charge in [0.05, 0.1) is 11.8 Å². The van der Waals surface area contributed by atoms with E-state index in [0.717, 1.165) is 19.3 Å². The van der Waals surface area contributed by atoms with E-state index in [0.29, 0.717) is 6.04 Å². The molecule has 0 radical (unpaired) electrons. The number of carboxylic acid groups (broad SMARTS) is 1. The molecule has 16 heavy (non-hydrogen) atoms. The van der Waals surface area contributed by atoms with Crippen molar-refractivity contribution in [2.75, 3.05) is 0 Å². The summed E-state index contributed by atoms with van der Waals surface area (Å²) < 4.78 is 0. The summed E-state index contributed by atoms with van der Waals surface area (Å²) in [5.41, 5.74) is 0. The zero-order valence-corrected chi connectivity index (χ0v) is 8.93. The van der Waals surface area contributed by atoms with Crippen LogP contribution in [0, 0.1) is 23.7 Å². The molecule has 2 fully saturated rings. The standard InChI is InChI=1S/C12H15NO3/c14-11(13-8-3-4-8)9-6-1-2-7(5-6)10(9)12(15)16/h1-2,6-10H,3-5H2,(H,13,14)(H,15,16)/t6-,7+,9-,10+/m0/s1. The smallest absolute Gasteiger partial charge is 0.307 e. The minimum Gasteiger partial charge on any atom is -0.481 e. The van der Waals surface area contributed by atoms with Crippen LogP contribution >= 0.6 is 0 Å². The molecule has 3 rings (SSSR count). The number of hydrogen-bond acceptors (Lipinski definition) is 2. The van der Waals surface area contributed by atoms with Crippen LogP contribution in [0.2, 0.25) is 0 Å². The quantitative estimate of drug-likeness (QED) is 0.692. The third-order valence-corrected chi connectivity index (χ3v) is 3.97. The normalized spacial score (nSPS) is 40.0. The molecular weight excluding hydrogens is 206 g/mol. The second-order valence-electron chi connectivity index (χ2n) is 5.12. The zero-order valence-electron chi connectivity index (χ0n) is 8.93. The summed E-state index contributed by atoms with van der Waals surface area (Å²) in [4.78, 5) is 23.2. The molecule has 3 aliphatic rings. The fraction of sp³-hybridized carbons (Fsp3) is 0.667. The number of allylic oxidation sites excluding steroid dienone is 2. The Morgan fingerprint density at radius 2 is 1.75 bits per heavy atom. The summed E-state index contributed by atoms with van der Waals surface area (Å²) in [6, 6.07) is 0.310. The molecule has 0 saturated heterocycles. The molecule has 2 bridgehead atoms. The summed E-state index contributed by atoms with van der Waals surface area (Å²) >= 11 is 0. The molecule has 1 amide bonds. The minimum atomic E-state index is -0.826. The van der Waals surface area contributed by atoms with Crippen LogP contribution in [0.15, 0.2) is 12.2 Å². The molecule has 2 N–H and O–H groups in total. The second kappa shape index (κ2) is 3.34. The van der Waals surface area contributed by atoms with Crippen molar-refractivity contribution in [1.29, 1.82) is 0 Å². The average Bonchev–Trinajstić information content (AvgIpc) is 2.81. The van der Waals surface area contributed by atoms with Crippen molar-refractivity contribution in [3.63, 3.8) is 0 Å². The molecule has 4 nitrogen and oxygen atoms in total. The summed E-state index contributed by atoms with van der Waals surface area (Å²) in [5.74, 6) is -1.51. The fourth-order valence-electron chi connectivity index (χ4n) is 3.04. The van der Waals surface area contributed by atoms with Crippen LogP contribution in [0.3, 0.4) is 0 Å². The molecule has 0 aliphatic heterocycles. The van der Waals surface area contributed by atoms with Crippen molar-refractivity contribution in [3.05, 3.63) is 12.2 Å². The molecule has 2 saturated carbocycles. The lowest BCUT2D eigenvalue weighted by Gasteiger charge is -2.23. The number of fused-ring (bicyclic) bond motifs is 2. The van der Waals surface area contributed by atoms with E-state index in [4.69, 9.17) is 0 Å². The van der Waals surface area contributed by atoms with Gasteiger partial charge in [0, 0.05) is 6.04 Å². The third kappa shape index (κ3) is 1.44. The Kier molecular flexibility index (Phi) is 2.06. The van der Waals surface area contributed by atoms with Crippen LogP contribution in [0.5, 0.6) is 0 Å². The van der Waals surface area contributed by atoms with E-state index in [9.17, 15) is 14.7 Å². The molecule has 0 spiro atoms. The Morgan fingerprint density at radius 1 is 1.12 bits per heavy atom. The van der Waals surface area contributed by atoms with Crippen LogP contribution in [-0.2, 0) is 9.59 Å². The first-order chi connectivity index (χ1) is 7.66. The van der Waals surface area contributed by atoms with Crippen molar-refractivity contribution in [2.24, 2.45) is 23.7 Å². The summed E-state index contributed by atoms with van der Waals surface area (Å²) in [7, 11) is 0. The van der Waals surface area contributed by atoms with Gasteiger partial charge in [-0.25, -0.2) is 0 Å². The van der Waals surface area contributed by atoms with Crippen LogP contribution < -0.4 is 5.32 Å². The minimum absolute atomic E-state index is 0.0493. The van der Waals surface area contributed by atoms with Gasteiger partial charge < -0.3 is 10.4 Å². The first-order valence-electron chi connectivity index (χ1n) is 5.88. The second-order valence-corrected chi connectivity index (χ2v) is 5.12. The lowest BCUT2D eigenvalue weighted by Crippen LogP contribution is -2.40. The highest BCUT2D eigenvalue weighted by atomic mass is 16.4.